The SMILES string of the molecule is COc1cc([C@@H]2/C(=C(\O)c3ccc4c(c3)C[C@@H](C)O4)C(=O)C(=O)N2CCc2ccccc2)ccc1O. The van der Waals surface area contributed by atoms with Gasteiger partial charge < -0.3 is 24.6 Å². The first-order valence-electron chi connectivity index (χ1n) is 11.9. The van der Waals surface area contributed by atoms with Crippen LogP contribution in [0, 0.1) is 0 Å². The number of aliphatic hydroxyl groups excluding tert-OH is 1. The second-order valence-corrected chi connectivity index (χ2v) is 9.11. The number of amides is 1. The highest BCUT2D eigenvalue weighted by Gasteiger charge is 2.46. The summed E-state index contributed by atoms with van der Waals surface area (Å²) in [5, 5.41) is 21.5. The van der Waals surface area contributed by atoms with E-state index in [9.17, 15) is 19.8 Å². The highest BCUT2D eigenvalue weighted by Crippen LogP contribution is 2.42. The van der Waals surface area contributed by atoms with Crippen molar-refractivity contribution in [3.05, 3.63) is 94.6 Å². The van der Waals surface area contributed by atoms with Crippen LogP contribution in [0.5, 0.6) is 17.2 Å². The first-order chi connectivity index (χ1) is 17.4. The van der Waals surface area contributed by atoms with Crippen molar-refractivity contribution in [2.24, 2.45) is 0 Å². The van der Waals surface area contributed by atoms with Crippen LogP contribution in [0.4, 0.5) is 0 Å². The summed E-state index contributed by atoms with van der Waals surface area (Å²) in [6, 6.07) is 18.8. The molecule has 2 aliphatic heterocycles. The van der Waals surface area contributed by atoms with E-state index in [1.807, 2.05) is 37.3 Å². The van der Waals surface area contributed by atoms with Crippen LogP contribution in [-0.2, 0) is 22.4 Å². The minimum absolute atomic E-state index is 0.00715. The van der Waals surface area contributed by atoms with E-state index >= 15 is 0 Å². The molecule has 0 unspecified atom stereocenters. The number of fused-ring (bicyclic) bond motifs is 1. The lowest BCUT2D eigenvalue weighted by Crippen LogP contribution is -2.31. The van der Waals surface area contributed by atoms with Crippen LogP contribution in [0.3, 0.4) is 0 Å². The number of nitrogens with zero attached hydrogens (tertiary/aromatic N) is 1. The molecule has 0 radical (unpaired) electrons. The predicted octanol–water partition coefficient (Wildman–Crippen LogP) is 4.39. The van der Waals surface area contributed by atoms with Crippen LogP contribution in [0.15, 0.2) is 72.3 Å². The predicted molar refractivity (Wildman–Crippen MR) is 134 cm³/mol. The molecule has 5 rings (SSSR count). The maximum absolute atomic E-state index is 13.3. The van der Waals surface area contributed by atoms with Crippen LogP contribution in [0.25, 0.3) is 5.76 Å². The number of ether oxygens (including phenoxy) is 2. The molecule has 1 amide bonds. The van der Waals surface area contributed by atoms with Gasteiger partial charge in [0.05, 0.1) is 18.7 Å². The van der Waals surface area contributed by atoms with Gasteiger partial charge in [0, 0.05) is 18.5 Å². The van der Waals surface area contributed by atoms with Gasteiger partial charge >= 0.3 is 0 Å². The normalized spacial score (nSPS) is 20.3. The zero-order valence-corrected chi connectivity index (χ0v) is 20.1. The number of ketones is 1. The second kappa shape index (κ2) is 9.41. The molecule has 3 aromatic carbocycles. The zero-order chi connectivity index (χ0) is 25.4. The molecule has 2 N–H and O–H groups in total. The van der Waals surface area contributed by atoms with Gasteiger partial charge in [0.2, 0.25) is 0 Å². The molecule has 0 spiro atoms. The Balaban J connectivity index is 1.60. The van der Waals surface area contributed by atoms with E-state index in [2.05, 4.69) is 0 Å². The number of methoxy groups -OCH3 is 1. The fraction of sp³-hybridized carbons (Fsp3) is 0.241. The van der Waals surface area contributed by atoms with E-state index in [0.717, 1.165) is 16.9 Å². The summed E-state index contributed by atoms with van der Waals surface area (Å²) in [6.07, 6.45) is 1.26. The average molecular weight is 486 g/mol. The van der Waals surface area contributed by atoms with Crippen molar-refractivity contribution in [2.75, 3.05) is 13.7 Å². The molecule has 184 valence electrons. The van der Waals surface area contributed by atoms with Crippen molar-refractivity contribution in [1.82, 2.24) is 4.90 Å². The average Bonchev–Trinajstić information content (AvgIpc) is 3.38. The summed E-state index contributed by atoms with van der Waals surface area (Å²) < 4.78 is 11.0. The molecule has 2 aliphatic rings. The van der Waals surface area contributed by atoms with Crippen molar-refractivity contribution >= 4 is 17.4 Å². The van der Waals surface area contributed by atoms with Crippen LogP contribution >= 0.6 is 0 Å². The minimum Gasteiger partial charge on any atom is -0.507 e. The molecule has 7 heteroatoms. The van der Waals surface area contributed by atoms with Gasteiger partial charge in [-0.1, -0.05) is 36.4 Å². The number of hydrogen-bond donors (Lipinski definition) is 2. The van der Waals surface area contributed by atoms with Crippen molar-refractivity contribution in [1.29, 1.82) is 0 Å². The highest BCUT2D eigenvalue weighted by molar-refractivity contribution is 6.46. The Morgan fingerprint density at radius 3 is 2.61 bits per heavy atom. The fourth-order valence-corrected chi connectivity index (χ4v) is 4.94. The van der Waals surface area contributed by atoms with E-state index < -0.39 is 17.7 Å². The van der Waals surface area contributed by atoms with Crippen molar-refractivity contribution < 1.29 is 29.3 Å². The summed E-state index contributed by atoms with van der Waals surface area (Å²) in [4.78, 5) is 28.0. The number of aliphatic hydroxyl groups is 1. The van der Waals surface area contributed by atoms with Crippen LogP contribution < -0.4 is 9.47 Å². The van der Waals surface area contributed by atoms with Gasteiger partial charge in [0.25, 0.3) is 11.7 Å². The number of carbonyl (C=O) groups excluding carboxylic acids is 2. The molecule has 36 heavy (non-hydrogen) atoms. The van der Waals surface area contributed by atoms with E-state index in [-0.39, 0.29) is 35.5 Å². The third kappa shape index (κ3) is 4.17. The molecular weight excluding hydrogens is 458 g/mol. The van der Waals surface area contributed by atoms with Crippen LogP contribution in [0.1, 0.15) is 35.2 Å². The van der Waals surface area contributed by atoms with Crippen molar-refractivity contribution in [2.45, 2.75) is 31.9 Å². The number of hydrogen-bond acceptors (Lipinski definition) is 6. The van der Waals surface area contributed by atoms with Gasteiger partial charge in [-0.15, -0.1) is 0 Å². The molecule has 2 atom stereocenters. The first kappa shape index (κ1) is 23.5. The smallest absolute Gasteiger partial charge is 0.295 e. The molecule has 2 heterocycles. The van der Waals surface area contributed by atoms with E-state index in [1.54, 1.807) is 30.3 Å². The van der Waals surface area contributed by atoms with Gasteiger partial charge in [0.15, 0.2) is 11.5 Å². The molecule has 0 aromatic heterocycles. The third-order valence-electron chi connectivity index (χ3n) is 6.71. The Hall–Kier alpha value is -4.26. The summed E-state index contributed by atoms with van der Waals surface area (Å²) >= 11 is 0. The lowest BCUT2D eigenvalue weighted by molar-refractivity contribution is -0.139. The third-order valence-corrected chi connectivity index (χ3v) is 6.71. The molecule has 0 aliphatic carbocycles. The summed E-state index contributed by atoms with van der Waals surface area (Å²) in [6.45, 7) is 2.24. The zero-order valence-electron chi connectivity index (χ0n) is 20.1. The van der Waals surface area contributed by atoms with Crippen molar-refractivity contribution in [3.8, 4) is 17.2 Å². The Kier molecular flexibility index (Phi) is 6.14. The van der Waals surface area contributed by atoms with Crippen LogP contribution in [0.2, 0.25) is 0 Å². The number of aromatic hydroxyl groups is 1. The van der Waals surface area contributed by atoms with E-state index in [0.29, 0.717) is 24.0 Å². The monoisotopic (exact) mass is 485 g/mol. The maximum Gasteiger partial charge on any atom is 0.295 e. The number of rotatable bonds is 6. The van der Waals surface area contributed by atoms with Gasteiger partial charge in [0.1, 0.15) is 17.6 Å². The second-order valence-electron chi connectivity index (χ2n) is 9.11. The lowest BCUT2D eigenvalue weighted by atomic mass is 9.94. The summed E-state index contributed by atoms with van der Waals surface area (Å²) in [5.41, 5.74) is 2.97. The number of likely N-dealkylation sites (tertiary alicyclic amines) is 1. The number of phenolic OH excluding ortho intramolecular Hbond substituents is 1. The van der Waals surface area contributed by atoms with Gasteiger partial charge in [-0.3, -0.25) is 9.59 Å². The quantitative estimate of drug-likeness (QED) is 0.305. The molecule has 0 saturated carbocycles. The Morgan fingerprint density at radius 1 is 1.08 bits per heavy atom. The van der Waals surface area contributed by atoms with Crippen LogP contribution in [-0.4, -0.2) is 46.6 Å². The Bertz CT molecular complexity index is 1360. The van der Waals surface area contributed by atoms with Gasteiger partial charge in [-0.2, -0.15) is 0 Å². The molecule has 1 fully saturated rings. The Labute approximate surface area is 209 Å². The molecule has 7 nitrogen and oxygen atoms in total. The van der Waals surface area contributed by atoms with E-state index in [4.69, 9.17) is 9.47 Å². The Morgan fingerprint density at radius 2 is 1.86 bits per heavy atom. The summed E-state index contributed by atoms with van der Waals surface area (Å²) in [5.74, 6) is -0.762. The fourth-order valence-electron chi connectivity index (χ4n) is 4.94. The largest absolute Gasteiger partial charge is 0.507 e. The number of Topliss-reactive ketones (excluding diaryl/α,β-unsaturated/α-hetero) is 1. The van der Waals surface area contributed by atoms with Gasteiger partial charge in [-0.25, -0.2) is 0 Å². The lowest BCUT2D eigenvalue weighted by Gasteiger charge is -2.26. The molecule has 1 saturated heterocycles. The summed E-state index contributed by atoms with van der Waals surface area (Å²) in [7, 11) is 1.43. The standard InChI is InChI=1S/C29H27NO6/c1-17-14-21-15-20(9-11-23(21)36-17)27(32)25-26(19-8-10-22(31)24(16-19)35-2)30(29(34)28(25)33)13-12-18-6-4-3-5-7-18/h3-11,15-17,26,31-32H,12-14H2,1-2H3/b27-25+/t17-,26-/m1/s1. The highest BCUT2D eigenvalue weighted by atomic mass is 16.5. The number of phenols is 1. The van der Waals surface area contributed by atoms with Crippen molar-refractivity contribution in [3.63, 3.8) is 0 Å². The number of carbonyl (C=O) groups is 2. The molecular formula is C29H27NO6. The van der Waals surface area contributed by atoms with E-state index in [1.165, 1.54) is 18.1 Å². The molecule has 0 bridgehead atoms. The first-order valence-corrected chi connectivity index (χ1v) is 11.9. The topological polar surface area (TPSA) is 96.3 Å². The molecule has 3 aromatic rings. The minimum atomic E-state index is -0.841. The number of benzene rings is 3. The maximum atomic E-state index is 13.3. The van der Waals surface area contributed by atoms with Gasteiger partial charge in [-0.05, 0) is 60.4 Å².